The van der Waals surface area contributed by atoms with Crippen LogP contribution >= 0.6 is 0 Å². The molecule has 0 aliphatic heterocycles. The molecule has 0 aliphatic carbocycles. The molecule has 23 heavy (non-hydrogen) atoms. The van der Waals surface area contributed by atoms with Crippen molar-refractivity contribution in [3.8, 4) is 11.5 Å². The van der Waals surface area contributed by atoms with Crippen LogP contribution in [0.5, 0.6) is 11.5 Å². The van der Waals surface area contributed by atoms with Crippen LogP contribution in [0.3, 0.4) is 0 Å². The Labute approximate surface area is 135 Å². The lowest BCUT2D eigenvalue weighted by atomic mass is 10.1. The van der Waals surface area contributed by atoms with E-state index in [9.17, 15) is 9.90 Å². The Bertz CT molecular complexity index is 620. The lowest BCUT2D eigenvalue weighted by Crippen LogP contribution is -2.39. The predicted molar refractivity (Wildman–Crippen MR) is 88.0 cm³/mol. The summed E-state index contributed by atoms with van der Waals surface area (Å²) in [5, 5.41) is 12.4. The molecule has 2 aromatic carbocycles. The van der Waals surface area contributed by atoms with Gasteiger partial charge in [0.05, 0.1) is 26.9 Å². The zero-order chi connectivity index (χ0) is 16.7. The van der Waals surface area contributed by atoms with Gasteiger partial charge in [-0.3, -0.25) is 4.79 Å². The first-order chi connectivity index (χ1) is 11.2. The van der Waals surface area contributed by atoms with E-state index in [1.807, 2.05) is 30.3 Å². The molecule has 0 saturated heterocycles. The Hall–Kier alpha value is -2.53. The second kappa shape index (κ2) is 8.19. The summed E-state index contributed by atoms with van der Waals surface area (Å²) < 4.78 is 10.3. The highest BCUT2D eigenvalue weighted by Gasteiger charge is 2.15. The van der Waals surface area contributed by atoms with Gasteiger partial charge in [0.2, 0.25) is 0 Å². The first-order valence-electron chi connectivity index (χ1n) is 7.35. The highest BCUT2D eigenvalue weighted by atomic mass is 16.5. The summed E-state index contributed by atoms with van der Waals surface area (Å²) in [4.78, 5) is 12.4. The van der Waals surface area contributed by atoms with Crippen molar-refractivity contribution < 1.29 is 19.4 Å². The van der Waals surface area contributed by atoms with E-state index in [-0.39, 0.29) is 18.6 Å². The summed E-state index contributed by atoms with van der Waals surface area (Å²) >= 11 is 0. The molecule has 5 nitrogen and oxygen atoms in total. The quantitative estimate of drug-likeness (QED) is 0.820. The number of rotatable bonds is 7. The first kappa shape index (κ1) is 16.8. The molecule has 2 N–H and O–H groups in total. The van der Waals surface area contributed by atoms with Crippen LogP contribution in [0.1, 0.15) is 15.9 Å². The molecule has 0 unspecified atom stereocenters. The largest absolute Gasteiger partial charge is 0.497 e. The molecule has 0 saturated carbocycles. The number of nitrogens with one attached hydrogen (secondary N) is 1. The van der Waals surface area contributed by atoms with E-state index in [1.54, 1.807) is 18.2 Å². The summed E-state index contributed by atoms with van der Waals surface area (Å²) in [5.41, 5.74) is 1.47. The van der Waals surface area contributed by atoms with Crippen molar-refractivity contribution in [1.82, 2.24) is 5.32 Å². The Morgan fingerprint density at radius 2 is 1.70 bits per heavy atom. The maximum atomic E-state index is 12.4. The Morgan fingerprint density at radius 1 is 1.09 bits per heavy atom. The number of hydrogen-bond donors (Lipinski definition) is 2. The number of amides is 1. The molecule has 0 aromatic heterocycles. The minimum Gasteiger partial charge on any atom is -0.497 e. The van der Waals surface area contributed by atoms with Crippen LogP contribution in [0, 0.1) is 0 Å². The van der Waals surface area contributed by atoms with Gasteiger partial charge in [0.1, 0.15) is 11.5 Å². The molecule has 0 aliphatic rings. The minimum absolute atomic E-state index is 0.137. The van der Waals surface area contributed by atoms with Crippen LogP contribution in [0.25, 0.3) is 0 Å². The van der Waals surface area contributed by atoms with E-state index in [0.29, 0.717) is 23.5 Å². The summed E-state index contributed by atoms with van der Waals surface area (Å²) in [6, 6.07) is 14.3. The fourth-order valence-electron chi connectivity index (χ4n) is 2.27. The number of aliphatic hydroxyl groups excluding tert-OH is 1. The molecule has 0 radical (unpaired) electrons. The summed E-state index contributed by atoms with van der Waals surface area (Å²) in [5.74, 6) is 0.799. The van der Waals surface area contributed by atoms with Gasteiger partial charge in [0.15, 0.2) is 0 Å². The molecule has 0 bridgehead atoms. The molecule has 1 atom stereocenters. The van der Waals surface area contributed by atoms with E-state index >= 15 is 0 Å². The van der Waals surface area contributed by atoms with Crippen LogP contribution in [-0.2, 0) is 6.42 Å². The third-order valence-corrected chi connectivity index (χ3v) is 3.49. The standard InChI is InChI=1S/C18H21NO4/c1-22-16-9-14(10-17(11-16)23-2)18(21)19-15(12-20)8-13-6-4-3-5-7-13/h3-7,9-11,15,20H,8,12H2,1-2H3,(H,19,21)/t15-/m0/s1. The van der Waals surface area contributed by atoms with Crippen molar-refractivity contribution in [2.24, 2.45) is 0 Å². The lowest BCUT2D eigenvalue weighted by Gasteiger charge is -2.17. The van der Waals surface area contributed by atoms with Gasteiger partial charge < -0.3 is 19.9 Å². The van der Waals surface area contributed by atoms with Crippen molar-refractivity contribution in [3.63, 3.8) is 0 Å². The monoisotopic (exact) mass is 315 g/mol. The lowest BCUT2D eigenvalue weighted by molar-refractivity contribution is 0.0916. The SMILES string of the molecule is COc1cc(OC)cc(C(=O)N[C@H](CO)Cc2ccccc2)c1. The highest BCUT2D eigenvalue weighted by Crippen LogP contribution is 2.22. The predicted octanol–water partition coefficient (Wildman–Crippen LogP) is 2.04. The smallest absolute Gasteiger partial charge is 0.251 e. The zero-order valence-electron chi connectivity index (χ0n) is 13.3. The van der Waals surface area contributed by atoms with Crippen molar-refractivity contribution >= 4 is 5.91 Å². The molecular weight excluding hydrogens is 294 g/mol. The van der Waals surface area contributed by atoms with Gasteiger partial charge in [-0.05, 0) is 24.1 Å². The Balaban J connectivity index is 2.10. The molecular formula is C18H21NO4. The fraction of sp³-hybridized carbons (Fsp3) is 0.278. The number of aliphatic hydroxyl groups is 1. The molecule has 1 amide bonds. The van der Waals surface area contributed by atoms with Gasteiger partial charge in [0, 0.05) is 11.6 Å². The molecule has 122 valence electrons. The van der Waals surface area contributed by atoms with E-state index in [0.717, 1.165) is 5.56 Å². The van der Waals surface area contributed by atoms with Crippen LogP contribution in [0.2, 0.25) is 0 Å². The van der Waals surface area contributed by atoms with Gasteiger partial charge in [0.25, 0.3) is 5.91 Å². The number of benzene rings is 2. The molecule has 0 fully saturated rings. The Morgan fingerprint density at radius 3 is 2.22 bits per heavy atom. The molecule has 0 spiro atoms. The first-order valence-corrected chi connectivity index (χ1v) is 7.35. The second-order valence-corrected chi connectivity index (χ2v) is 5.14. The van der Waals surface area contributed by atoms with Gasteiger partial charge in [-0.15, -0.1) is 0 Å². The van der Waals surface area contributed by atoms with Crippen molar-refractivity contribution in [2.45, 2.75) is 12.5 Å². The van der Waals surface area contributed by atoms with E-state index in [1.165, 1.54) is 14.2 Å². The topological polar surface area (TPSA) is 67.8 Å². The molecule has 2 aromatic rings. The van der Waals surface area contributed by atoms with Crippen molar-refractivity contribution in [3.05, 3.63) is 59.7 Å². The summed E-state index contributed by atoms with van der Waals surface area (Å²) in [6.45, 7) is -0.137. The van der Waals surface area contributed by atoms with E-state index in [2.05, 4.69) is 5.32 Å². The second-order valence-electron chi connectivity index (χ2n) is 5.14. The average Bonchev–Trinajstić information content (AvgIpc) is 2.61. The van der Waals surface area contributed by atoms with E-state index < -0.39 is 0 Å². The van der Waals surface area contributed by atoms with E-state index in [4.69, 9.17) is 9.47 Å². The normalized spacial score (nSPS) is 11.6. The van der Waals surface area contributed by atoms with Crippen molar-refractivity contribution in [2.75, 3.05) is 20.8 Å². The van der Waals surface area contributed by atoms with Crippen LogP contribution in [0.4, 0.5) is 0 Å². The number of carbonyl (C=O) groups is 1. The fourth-order valence-corrected chi connectivity index (χ4v) is 2.27. The van der Waals surface area contributed by atoms with Crippen LogP contribution in [-0.4, -0.2) is 37.9 Å². The Kier molecular flexibility index (Phi) is 6.00. The van der Waals surface area contributed by atoms with Gasteiger partial charge >= 0.3 is 0 Å². The summed E-state index contributed by atoms with van der Waals surface area (Å²) in [7, 11) is 3.06. The summed E-state index contributed by atoms with van der Waals surface area (Å²) in [6.07, 6.45) is 0.560. The highest BCUT2D eigenvalue weighted by molar-refractivity contribution is 5.95. The van der Waals surface area contributed by atoms with Gasteiger partial charge in [-0.2, -0.15) is 0 Å². The third kappa shape index (κ3) is 4.72. The number of ether oxygens (including phenoxy) is 2. The molecule has 0 heterocycles. The maximum absolute atomic E-state index is 12.4. The number of carbonyl (C=O) groups excluding carboxylic acids is 1. The zero-order valence-corrected chi connectivity index (χ0v) is 13.3. The minimum atomic E-state index is -0.359. The maximum Gasteiger partial charge on any atom is 0.251 e. The van der Waals surface area contributed by atoms with Crippen molar-refractivity contribution in [1.29, 1.82) is 0 Å². The molecule has 5 heteroatoms. The van der Waals surface area contributed by atoms with Gasteiger partial charge in [-0.25, -0.2) is 0 Å². The molecule has 2 rings (SSSR count). The van der Waals surface area contributed by atoms with Gasteiger partial charge in [-0.1, -0.05) is 30.3 Å². The number of hydrogen-bond acceptors (Lipinski definition) is 4. The van der Waals surface area contributed by atoms with Crippen LogP contribution in [0.15, 0.2) is 48.5 Å². The number of methoxy groups -OCH3 is 2. The average molecular weight is 315 g/mol. The van der Waals surface area contributed by atoms with Crippen LogP contribution < -0.4 is 14.8 Å². The third-order valence-electron chi connectivity index (χ3n) is 3.49.